The molecular weight excluding hydrogens is 382 g/mol. The van der Waals surface area contributed by atoms with Crippen molar-refractivity contribution in [2.45, 2.75) is 43.7 Å². The quantitative estimate of drug-likeness (QED) is 0.605. The van der Waals surface area contributed by atoms with Crippen molar-refractivity contribution in [1.29, 1.82) is 0 Å². The van der Waals surface area contributed by atoms with E-state index in [1.807, 2.05) is 71.6 Å². The summed E-state index contributed by atoms with van der Waals surface area (Å²) < 4.78 is 0. The van der Waals surface area contributed by atoms with Crippen LogP contribution in [0.1, 0.15) is 48.0 Å². The Morgan fingerprint density at radius 1 is 0.839 bits per heavy atom. The molecule has 1 aliphatic heterocycles. The first-order valence-electron chi connectivity index (χ1n) is 11.4. The third-order valence-corrected chi connectivity index (χ3v) is 7.23. The van der Waals surface area contributed by atoms with E-state index in [1.54, 1.807) is 0 Å². The molecule has 31 heavy (non-hydrogen) atoms. The number of benzene rings is 3. The van der Waals surface area contributed by atoms with Crippen LogP contribution in [0, 0.1) is 5.92 Å². The largest absolute Gasteiger partial charge is 0.385 e. The summed E-state index contributed by atoms with van der Waals surface area (Å²) >= 11 is 0. The Labute approximate surface area is 184 Å². The number of rotatable bonds is 3. The number of fused-ring (bicyclic) bond motifs is 1. The Balaban J connectivity index is 1.44. The molecule has 1 amide bonds. The molecule has 0 aromatic heterocycles. The Morgan fingerprint density at radius 3 is 2.29 bits per heavy atom. The summed E-state index contributed by atoms with van der Waals surface area (Å²) in [4.78, 5) is 15.7. The molecular formula is C28H29NO2. The average Bonchev–Trinajstić information content (AvgIpc) is 2.85. The van der Waals surface area contributed by atoms with Crippen LogP contribution in [0.5, 0.6) is 0 Å². The predicted octanol–water partition coefficient (Wildman–Crippen LogP) is 5.65. The topological polar surface area (TPSA) is 40.5 Å². The van der Waals surface area contributed by atoms with Crippen molar-refractivity contribution < 1.29 is 9.90 Å². The molecule has 0 radical (unpaired) electrons. The molecule has 3 aromatic carbocycles. The normalized spacial score (nSPS) is 25.6. The summed E-state index contributed by atoms with van der Waals surface area (Å²) in [6.45, 7) is 0.584. The van der Waals surface area contributed by atoms with Crippen molar-refractivity contribution in [3.05, 3.63) is 96.1 Å². The third-order valence-electron chi connectivity index (χ3n) is 7.23. The Morgan fingerprint density at radius 2 is 1.52 bits per heavy atom. The van der Waals surface area contributed by atoms with E-state index in [0.717, 1.165) is 47.9 Å². The van der Waals surface area contributed by atoms with Crippen LogP contribution < -0.4 is 0 Å². The monoisotopic (exact) mass is 411 g/mol. The Hall–Kier alpha value is -2.91. The van der Waals surface area contributed by atoms with E-state index in [1.165, 1.54) is 0 Å². The van der Waals surface area contributed by atoms with E-state index in [9.17, 15) is 9.90 Å². The SMILES string of the molecule is O=C(c1cccc(-c2ccccc2)c1)N1CCC(O)(c2ccccc2)[C@@H]2CCCC[C@@H]21. The highest BCUT2D eigenvalue weighted by Gasteiger charge is 2.50. The van der Waals surface area contributed by atoms with E-state index in [4.69, 9.17) is 0 Å². The van der Waals surface area contributed by atoms with Gasteiger partial charge in [-0.05, 0) is 48.1 Å². The number of nitrogens with zero attached hydrogens (tertiary/aromatic N) is 1. The molecule has 1 unspecified atom stereocenters. The number of aliphatic hydroxyl groups is 1. The predicted molar refractivity (Wildman–Crippen MR) is 124 cm³/mol. The first-order valence-corrected chi connectivity index (χ1v) is 11.4. The summed E-state index contributed by atoms with van der Waals surface area (Å²) in [5.41, 5.74) is 3.05. The molecule has 2 aliphatic rings. The fourth-order valence-electron chi connectivity index (χ4n) is 5.65. The molecule has 1 heterocycles. The molecule has 3 heteroatoms. The van der Waals surface area contributed by atoms with Gasteiger partial charge in [-0.1, -0.05) is 85.6 Å². The fourth-order valence-corrected chi connectivity index (χ4v) is 5.65. The van der Waals surface area contributed by atoms with Crippen LogP contribution >= 0.6 is 0 Å². The number of piperidine rings is 1. The van der Waals surface area contributed by atoms with Crippen LogP contribution in [-0.2, 0) is 5.60 Å². The molecule has 0 bridgehead atoms. The average molecular weight is 412 g/mol. The number of likely N-dealkylation sites (tertiary alicyclic amines) is 1. The highest BCUT2D eigenvalue weighted by molar-refractivity contribution is 5.95. The van der Waals surface area contributed by atoms with Crippen molar-refractivity contribution >= 4 is 5.91 Å². The molecule has 3 aromatic rings. The maximum atomic E-state index is 13.6. The summed E-state index contributed by atoms with van der Waals surface area (Å²) in [6.07, 6.45) is 4.73. The first kappa shape index (κ1) is 20.0. The summed E-state index contributed by atoms with van der Waals surface area (Å²) in [5, 5.41) is 11.8. The minimum absolute atomic E-state index is 0.0821. The summed E-state index contributed by atoms with van der Waals surface area (Å²) in [6, 6.07) is 28.3. The molecule has 3 atom stereocenters. The fraction of sp³-hybridized carbons (Fsp3) is 0.321. The van der Waals surface area contributed by atoms with Crippen molar-refractivity contribution in [3.8, 4) is 11.1 Å². The molecule has 1 saturated heterocycles. The second kappa shape index (κ2) is 8.32. The van der Waals surface area contributed by atoms with Crippen LogP contribution in [0.4, 0.5) is 0 Å². The van der Waals surface area contributed by atoms with Gasteiger partial charge in [0.1, 0.15) is 0 Å². The Kier molecular flexibility index (Phi) is 5.37. The molecule has 1 saturated carbocycles. The van der Waals surface area contributed by atoms with Crippen molar-refractivity contribution in [1.82, 2.24) is 4.90 Å². The molecule has 2 fully saturated rings. The van der Waals surface area contributed by atoms with Gasteiger partial charge in [-0.15, -0.1) is 0 Å². The molecule has 158 valence electrons. The maximum absolute atomic E-state index is 13.6. The first-order chi connectivity index (χ1) is 15.2. The lowest BCUT2D eigenvalue weighted by molar-refractivity contribution is -0.110. The van der Waals surface area contributed by atoms with Crippen molar-refractivity contribution in [2.75, 3.05) is 6.54 Å². The van der Waals surface area contributed by atoms with Gasteiger partial charge in [0.2, 0.25) is 0 Å². The number of amides is 1. The van der Waals surface area contributed by atoms with Crippen LogP contribution in [-0.4, -0.2) is 28.5 Å². The van der Waals surface area contributed by atoms with Gasteiger partial charge in [0.05, 0.1) is 5.60 Å². The third kappa shape index (κ3) is 3.68. The highest BCUT2D eigenvalue weighted by Crippen LogP contribution is 2.47. The van der Waals surface area contributed by atoms with Gasteiger partial charge in [0.15, 0.2) is 0 Å². The van der Waals surface area contributed by atoms with E-state index in [2.05, 4.69) is 18.2 Å². The molecule has 3 nitrogen and oxygen atoms in total. The minimum atomic E-state index is -0.852. The van der Waals surface area contributed by atoms with E-state index in [-0.39, 0.29) is 17.9 Å². The smallest absolute Gasteiger partial charge is 0.254 e. The molecule has 5 rings (SSSR count). The second-order valence-electron chi connectivity index (χ2n) is 8.94. The minimum Gasteiger partial charge on any atom is -0.385 e. The number of carbonyl (C=O) groups is 1. The van der Waals surface area contributed by atoms with E-state index in [0.29, 0.717) is 13.0 Å². The lowest BCUT2D eigenvalue weighted by Gasteiger charge is -2.52. The molecule has 1 aliphatic carbocycles. The van der Waals surface area contributed by atoms with Crippen LogP contribution in [0.15, 0.2) is 84.9 Å². The van der Waals surface area contributed by atoms with Crippen LogP contribution in [0.2, 0.25) is 0 Å². The van der Waals surface area contributed by atoms with Gasteiger partial charge in [-0.2, -0.15) is 0 Å². The zero-order valence-corrected chi connectivity index (χ0v) is 17.8. The van der Waals surface area contributed by atoms with Gasteiger partial charge in [0, 0.05) is 24.1 Å². The molecule has 0 spiro atoms. The number of hydrogen-bond acceptors (Lipinski definition) is 2. The zero-order valence-electron chi connectivity index (χ0n) is 17.8. The summed E-state index contributed by atoms with van der Waals surface area (Å²) in [5.74, 6) is 0.170. The van der Waals surface area contributed by atoms with Gasteiger partial charge in [0.25, 0.3) is 5.91 Å². The lowest BCUT2D eigenvalue weighted by Crippen LogP contribution is -2.59. The Bertz CT molecular complexity index is 1050. The second-order valence-corrected chi connectivity index (χ2v) is 8.94. The van der Waals surface area contributed by atoms with Gasteiger partial charge >= 0.3 is 0 Å². The van der Waals surface area contributed by atoms with Gasteiger partial charge in [-0.3, -0.25) is 4.79 Å². The lowest BCUT2D eigenvalue weighted by atomic mass is 9.66. The zero-order chi connectivity index (χ0) is 21.3. The maximum Gasteiger partial charge on any atom is 0.254 e. The standard InChI is InChI=1S/C28H29NO2/c30-27(23-13-9-12-22(20-23)21-10-3-1-4-11-21)29-19-18-28(31,24-14-5-2-6-15-24)25-16-7-8-17-26(25)29/h1-6,9-15,20,25-26,31H,7-8,16-19H2/t25-,26+,28?/m1/s1. The van der Waals surface area contributed by atoms with Gasteiger partial charge in [-0.25, -0.2) is 0 Å². The number of hydrogen-bond donors (Lipinski definition) is 1. The highest BCUT2D eigenvalue weighted by atomic mass is 16.3. The van der Waals surface area contributed by atoms with E-state index < -0.39 is 5.60 Å². The van der Waals surface area contributed by atoms with Crippen molar-refractivity contribution in [3.63, 3.8) is 0 Å². The summed E-state index contributed by atoms with van der Waals surface area (Å²) in [7, 11) is 0. The van der Waals surface area contributed by atoms with Crippen molar-refractivity contribution in [2.24, 2.45) is 5.92 Å². The molecule has 1 N–H and O–H groups in total. The number of carbonyl (C=O) groups excluding carboxylic acids is 1. The van der Waals surface area contributed by atoms with E-state index >= 15 is 0 Å². The van der Waals surface area contributed by atoms with Gasteiger partial charge < -0.3 is 10.0 Å². The van der Waals surface area contributed by atoms with Crippen LogP contribution in [0.25, 0.3) is 11.1 Å². The van der Waals surface area contributed by atoms with Crippen LogP contribution in [0.3, 0.4) is 0 Å².